The highest BCUT2D eigenvalue weighted by molar-refractivity contribution is 5.82. The van der Waals surface area contributed by atoms with Gasteiger partial charge in [-0.25, -0.2) is 9.37 Å². The molecule has 3 heterocycles. The van der Waals surface area contributed by atoms with Crippen LogP contribution in [0, 0.1) is 11.7 Å². The maximum atomic E-state index is 13.6. The second-order valence-corrected chi connectivity index (χ2v) is 6.87. The van der Waals surface area contributed by atoms with Crippen LogP contribution in [-0.2, 0) is 11.8 Å². The molecule has 3 aromatic heterocycles. The van der Waals surface area contributed by atoms with Crippen LogP contribution in [-0.4, -0.2) is 36.1 Å². The molecular weight excluding hydrogens is 351 g/mol. The van der Waals surface area contributed by atoms with Crippen molar-refractivity contribution in [1.82, 2.24) is 28.9 Å². The monoisotopic (exact) mass is 368 g/mol. The van der Waals surface area contributed by atoms with E-state index in [1.807, 2.05) is 0 Å². The summed E-state index contributed by atoms with van der Waals surface area (Å²) < 4.78 is 23.9. The molecule has 1 aliphatic carbocycles. The minimum absolute atomic E-state index is 0.0831. The molecular formula is C18H17FN6O2. The number of rotatable bonds is 4. The zero-order chi connectivity index (χ0) is 18.7. The Labute approximate surface area is 152 Å². The average molecular weight is 368 g/mol. The summed E-state index contributed by atoms with van der Waals surface area (Å²) in [7, 11) is 3.30. The van der Waals surface area contributed by atoms with Crippen LogP contribution >= 0.6 is 0 Å². The number of nitrogens with zero attached hydrogens (tertiary/aromatic N) is 6. The van der Waals surface area contributed by atoms with Gasteiger partial charge in [0.05, 0.1) is 17.1 Å². The highest BCUT2D eigenvalue weighted by Crippen LogP contribution is 2.42. The lowest BCUT2D eigenvalue weighted by Gasteiger charge is -2.10. The van der Waals surface area contributed by atoms with Crippen LogP contribution in [0.1, 0.15) is 24.6 Å². The molecule has 1 aliphatic rings. The van der Waals surface area contributed by atoms with Crippen molar-refractivity contribution < 1.29 is 9.13 Å². The number of hydrogen-bond acceptors (Lipinski definition) is 5. The van der Waals surface area contributed by atoms with Gasteiger partial charge in [0, 0.05) is 14.2 Å². The normalized spacial score (nSPS) is 15.7. The second kappa shape index (κ2) is 5.71. The Bertz CT molecular complexity index is 1240. The SMILES string of the molecule is COC(c1cn(-c2ncn3c4ccc(F)cc4c(=O)n(C)c23)nn1)C1CC1. The van der Waals surface area contributed by atoms with Crippen molar-refractivity contribution >= 4 is 16.6 Å². The summed E-state index contributed by atoms with van der Waals surface area (Å²) in [6.07, 6.45) is 5.54. The lowest BCUT2D eigenvalue weighted by Crippen LogP contribution is -2.20. The zero-order valence-corrected chi connectivity index (χ0v) is 14.8. The van der Waals surface area contributed by atoms with Crippen LogP contribution in [0.15, 0.2) is 35.5 Å². The van der Waals surface area contributed by atoms with Crippen molar-refractivity contribution in [1.29, 1.82) is 0 Å². The van der Waals surface area contributed by atoms with E-state index in [4.69, 9.17) is 4.74 Å². The predicted molar refractivity (Wildman–Crippen MR) is 95.3 cm³/mol. The summed E-state index contributed by atoms with van der Waals surface area (Å²) in [5.74, 6) is 0.498. The summed E-state index contributed by atoms with van der Waals surface area (Å²) in [6, 6.07) is 4.14. The second-order valence-electron chi connectivity index (χ2n) is 6.87. The molecule has 1 unspecified atom stereocenters. The standard InChI is InChI=1S/C18H17FN6O2/c1-23-17-16(25-8-13(21-22-25)15(27-2)10-3-4-10)20-9-24(17)14-6-5-11(19)7-12(14)18(23)26/h5-10,15H,3-4H2,1-2H3. The third kappa shape index (κ3) is 2.38. The van der Waals surface area contributed by atoms with Crippen molar-refractivity contribution in [3.05, 3.63) is 52.6 Å². The van der Waals surface area contributed by atoms with E-state index in [1.165, 1.54) is 16.7 Å². The molecule has 0 saturated heterocycles. The third-order valence-corrected chi connectivity index (χ3v) is 5.12. The first-order valence-electron chi connectivity index (χ1n) is 8.69. The molecule has 138 valence electrons. The highest BCUT2D eigenvalue weighted by Gasteiger charge is 2.34. The Kier molecular flexibility index (Phi) is 3.41. The molecule has 9 heteroatoms. The molecule has 8 nitrogen and oxygen atoms in total. The van der Waals surface area contributed by atoms with Crippen LogP contribution < -0.4 is 5.56 Å². The Morgan fingerprint density at radius 3 is 2.89 bits per heavy atom. The van der Waals surface area contributed by atoms with Crippen LogP contribution in [0.3, 0.4) is 0 Å². The van der Waals surface area contributed by atoms with E-state index in [0.29, 0.717) is 28.3 Å². The first-order valence-corrected chi connectivity index (χ1v) is 8.69. The summed E-state index contributed by atoms with van der Waals surface area (Å²) in [5, 5.41) is 8.72. The number of fused-ring (bicyclic) bond motifs is 3. The molecule has 0 radical (unpaired) electrons. The quantitative estimate of drug-likeness (QED) is 0.551. The van der Waals surface area contributed by atoms with Crippen molar-refractivity contribution in [2.75, 3.05) is 7.11 Å². The van der Waals surface area contributed by atoms with Crippen LogP contribution in [0.5, 0.6) is 0 Å². The number of halogens is 1. The maximum Gasteiger partial charge on any atom is 0.261 e. The van der Waals surface area contributed by atoms with Gasteiger partial charge in [-0.1, -0.05) is 5.21 Å². The Hall–Kier alpha value is -3.07. The largest absolute Gasteiger partial charge is 0.375 e. The summed E-state index contributed by atoms with van der Waals surface area (Å²) in [4.78, 5) is 17.2. The molecule has 4 aromatic rings. The number of aryl methyl sites for hydroxylation is 1. The summed E-state index contributed by atoms with van der Waals surface area (Å²) in [5.41, 5.74) is 1.58. The molecule has 1 aromatic carbocycles. The molecule has 1 fully saturated rings. The number of aromatic nitrogens is 6. The fourth-order valence-corrected chi connectivity index (χ4v) is 3.61. The van der Waals surface area contributed by atoms with Gasteiger partial charge in [0.25, 0.3) is 5.56 Å². The lowest BCUT2D eigenvalue weighted by atomic mass is 10.2. The molecule has 0 spiro atoms. The fraction of sp³-hybridized carbons (Fsp3) is 0.333. The Morgan fingerprint density at radius 1 is 1.33 bits per heavy atom. The number of ether oxygens (including phenoxy) is 1. The number of benzene rings is 1. The van der Waals surface area contributed by atoms with Crippen LogP contribution in [0.2, 0.25) is 0 Å². The lowest BCUT2D eigenvalue weighted by molar-refractivity contribution is 0.0810. The molecule has 0 aliphatic heterocycles. The van der Waals surface area contributed by atoms with Crippen molar-refractivity contribution in [3.8, 4) is 5.82 Å². The molecule has 0 N–H and O–H groups in total. The van der Waals surface area contributed by atoms with E-state index in [2.05, 4.69) is 15.3 Å². The van der Waals surface area contributed by atoms with E-state index >= 15 is 0 Å². The molecule has 1 saturated carbocycles. The average Bonchev–Trinajstić information content (AvgIpc) is 3.21. The minimum Gasteiger partial charge on any atom is -0.375 e. The van der Waals surface area contributed by atoms with Gasteiger partial charge in [0.2, 0.25) is 0 Å². The maximum absolute atomic E-state index is 13.6. The van der Waals surface area contributed by atoms with Gasteiger partial charge in [0.1, 0.15) is 23.9 Å². The summed E-state index contributed by atoms with van der Waals surface area (Å²) >= 11 is 0. The smallest absolute Gasteiger partial charge is 0.261 e. The van der Waals surface area contributed by atoms with Gasteiger partial charge in [-0.2, -0.15) is 4.68 Å². The zero-order valence-electron chi connectivity index (χ0n) is 14.8. The van der Waals surface area contributed by atoms with Gasteiger partial charge < -0.3 is 4.74 Å². The number of imidazole rings is 1. The van der Waals surface area contributed by atoms with Gasteiger partial charge in [-0.3, -0.25) is 13.8 Å². The van der Waals surface area contributed by atoms with Crippen molar-refractivity contribution in [2.45, 2.75) is 18.9 Å². The molecule has 0 amide bonds. The van der Waals surface area contributed by atoms with E-state index in [0.717, 1.165) is 18.5 Å². The molecule has 5 rings (SSSR count). The van der Waals surface area contributed by atoms with E-state index in [9.17, 15) is 9.18 Å². The van der Waals surface area contributed by atoms with Gasteiger partial charge in [0.15, 0.2) is 11.5 Å². The molecule has 0 bridgehead atoms. The minimum atomic E-state index is -0.453. The first kappa shape index (κ1) is 16.1. The predicted octanol–water partition coefficient (Wildman–Crippen LogP) is 2.00. The van der Waals surface area contributed by atoms with Gasteiger partial charge >= 0.3 is 0 Å². The van der Waals surface area contributed by atoms with E-state index in [1.54, 1.807) is 41.8 Å². The van der Waals surface area contributed by atoms with Crippen molar-refractivity contribution in [3.63, 3.8) is 0 Å². The first-order chi connectivity index (χ1) is 13.1. The Balaban J connectivity index is 1.71. The van der Waals surface area contributed by atoms with Gasteiger partial charge in [-0.05, 0) is 37.0 Å². The Morgan fingerprint density at radius 2 is 2.15 bits per heavy atom. The van der Waals surface area contributed by atoms with Crippen LogP contribution in [0.25, 0.3) is 22.4 Å². The fourth-order valence-electron chi connectivity index (χ4n) is 3.61. The highest BCUT2D eigenvalue weighted by atomic mass is 19.1. The van der Waals surface area contributed by atoms with Gasteiger partial charge in [-0.15, -0.1) is 5.10 Å². The number of methoxy groups -OCH3 is 1. The number of hydrogen-bond donors (Lipinski definition) is 0. The van der Waals surface area contributed by atoms with E-state index in [-0.39, 0.29) is 11.7 Å². The van der Waals surface area contributed by atoms with Crippen molar-refractivity contribution in [2.24, 2.45) is 13.0 Å². The topological polar surface area (TPSA) is 79.2 Å². The van der Waals surface area contributed by atoms with Crippen LogP contribution in [0.4, 0.5) is 4.39 Å². The molecule has 27 heavy (non-hydrogen) atoms. The molecule has 1 atom stereocenters. The third-order valence-electron chi connectivity index (χ3n) is 5.12. The van der Waals surface area contributed by atoms with E-state index < -0.39 is 5.82 Å². The summed E-state index contributed by atoms with van der Waals surface area (Å²) in [6.45, 7) is 0.